The second kappa shape index (κ2) is 7.36. The highest BCUT2D eigenvalue weighted by Crippen LogP contribution is 2.28. The van der Waals surface area contributed by atoms with Crippen molar-refractivity contribution in [2.75, 3.05) is 39.1 Å². The van der Waals surface area contributed by atoms with E-state index in [9.17, 15) is 9.18 Å². The third kappa shape index (κ3) is 3.86. The van der Waals surface area contributed by atoms with Gasteiger partial charge in [0.05, 0.1) is 24.6 Å². The van der Waals surface area contributed by atoms with Crippen LogP contribution in [0.4, 0.5) is 10.2 Å². The maximum atomic E-state index is 13.4. The summed E-state index contributed by atoms with van der Waals surface area (Å²) in [5.74, 6) is 0.512. The molecule has 0 aliphatic carbocycles. The van der Waals surface area contributed by atoms with Crippen molar-refractivity contribution in [2.45, 2.75) is 31.0 Å². The molecule has 1 aromatic carbocycles. The molecule has 0 spiro atoms. The lowest BCUT2D eigenvalue weighted by Gasteiger charge is -2.35. The largest absolute Gasteiger partial charge is 0.375 e. The molecule has 1 amide bonds. The fourth-order valence-electron chi connectivity index (χ4n) is 3.89. The van der Waals surface area contributed by atoms with Crippen molar-refractivity contribution in [3.63, 3.8) is 0 Å². The van der Waals surface area contributed by atoms with Crippen LogP contribution in [0.25, 0.3) is 10.9 Å². The number of carbonyl (C=O) groups excluding carboxylic acids is 1. The number of nitrogens with one attached hydrogen (secondary N) is 1. The van der Waals surface area contributed by atoms with E-state index in [2.05, 4.69) is 20.2 Å². The van der Waals surface area contributed by atoms with Crippen LogP contribution in [0.1, 0.15) is 12.8 Å². The SMILES string of the molecule is CN(C)C(=O)C[C@H]1CN2C[C@@H](Nc3ncnc4cc(F)ccc34)C[C@H]2CO1. The molecule has 2 aromatic rings. The third-order valence-electron chi connectivity index (χ3n) is 5.33. The minimum Gasteiger partial charge on any atom is -0.375 e. The van der Waals surface area contributed by atoms with Crippen LogP contribution in [0.15, 0.2) is 24.5 Å². The van der Waals surface area contributed by atoms with Crippen LogP contribution in [-0.2, 0) is 9.53 Å². The summed E-state index contributed by atoms with van der Waals surface area (Å²) in [5.41, 5.74) is 0.591. The molecule has 2 saturated heterocycles. The van der Waals surface area contributed by atoms with Gasteiger partial charge < -0.3 is 15.0 Å². The van der Waals surface area contributed by atoms with E-state index in [-0.39, 0.29) is 23.9 Å². The molecule has 1 N–H and O–H groups in total. The number of hydrogen-bond acceptors (Lipinski definition) is 6. The second-order valence-electron chi connectivity index (χ2n) is 7.52. The Morgan fingerprint density at radius 3 is 3.04 bits per heavy atom. The highest BCUT2D eigenvalue weighted by molar-refractivity contribution is 5.88. The molecule has 144 valence electrons. The Labute approximate surface area is 157 Å². The maximum Gasteiger partial charge on any atom is 0.224 e. The van der Waals surface area contributed by atoms with Crippen molar-refractivity contribution >= 4 is 22.6 Å². The van der Waals surface area contributed by atoms with Crippen LogP contribution < -0.4 is 5.32 Å². The third-order valence-corrected chi connectivity index (χ3v) is 5.33. The number of anilines is 1. The predicted molar refractivity (Wildman–Crippen MR) is 99.9 cm³/mol. The summed E-state index contributed by atoms with van der Waals surface area (Å²) in [4.78, 5) is 24.4. The molecular formula is C19H24FN5O2. The number of carbonyl (C=O) groups is 1. The first-order chi connectivity index (χ1) is 13.0. The average molecular weight is 373 g/mol. The number of rotatable bonds is 4. The van der Waals surface area contributed by atoms with Gasteiger partial charge in [-0.05, 0) is 18.6 Å². The van der Waals surface area contributed by atoms with Gasteiger partial charge in [-0.25, -0.2) is 14.4 Å². The number of fused-ring (bicyclic) bond motifs is 2. The lowest BCUT2D eigenvalue weighted by molar-refractivity contribution is -0.134. The molecule has 3 heterocycles. The van der Waals surface area contributed by atoms with Crippen molar-refractivity contribution in [1.82, 2.24) is 19.8 Å². The maximum absolute atomic E-state index is 13.4. The van der Waals surface area contributed by atoms with E-state index in [4.69, 9.17) is 4.74 Å². The molecule has 0 saturated carbocycles. The summed E-state index contributed by atoms with van der Waals surface area (Å²) in [5, 5.41) is 4.30. The Kier molecular flexibility index (Phi) is 4.92. The smallest absolute Gasteiger partial charge is 0.224 e. The van der Waals surface area contributed by atoms with Crippen LogP contribution >= 0.6 is 0 Å². The number of amides is 1. The van der Waals surface area contributed by atoms with Crippen LogP contribution in [0.5, 0.6) is 0 Å². The summed E-state index contributed by atoms with van der Waals surface area (Å²) in [6.07, 6.45) is 2.76. The monoisotopic (exact) mass is 373 g/mol. The molecule has 2 aliphatic rings. The van der Waals surface area contributed by atoms with Gasteiger partial charge in [0, 0.05) is 50.7 Å². The van der Waals surface area contributed by atoms with Crippen molar-refractivity contribution in [1.29, 1.82) is 0 Å². The van der Waals surface area contributed by atoms with Gasteiger partial charge in [0.25, 0.3) is 0 Å². The molecule has 2 fully saturated rings. The van der Waals surface area contributed by atoms with Crippen molar-refractivity contribution in [3.05, 3.63) is 30.3 Å². The van der Waals surface area contributed by atoms with Gasteiger partial charge in [-0.15, -0.1) is 0 Å². The van der Waals surface area contributed by atoms with Gasteiger partial charge in [0.2, 0.25) is 5.91 Å². The lowest BCUT2D eigenvalue weighted by atomic mass is 10.1. The van der Waals surface area contributed by atoms with Crippen LogP contribution in [0.3, 0.4) is 0 Å². The molecule has 27 heavy (non-hydrogen) atoms. The lowest BCUT2D eigenvalue weighted by Crippen LogP contribution is -2.47. The van der Waals surface area contributed by atoms with Gasteiger partial charge in [0.1, 0.15) is 18.0 Å². The van der Waals surface area contributed by atoms with E-state index in [0.717, 1.165) is 30.7 Å². The number of hydrogen-bond donors (Lipinski definition) is 1. The molecule has 8 heteroatoms. The Balaban J connectivity index is 1.41. The van der Waals surface area contributed by atoms with Crippen LogP contribution in [0.2, 0.25) is 0 Å². The number of ether oxygens (including phenoxy) is 1. The molecule has 3 atom stereocenters. The van der Waals surface area contributed by atoms with E-state index in [1.807, 2.05) is 0 Å². The summed E-state index contributed by atoms with van der Waals surface area (Å²) in [7, 11) is 3.53. The van der Waals surface area contributed by atoms with E-state index in [0.29, 0.717) is 24.6 Å². The molecule has 0 radical (unpaired) electrons. The van der Waals surface area contributed by atoms with Crippen molar-refractivity contribution in [3.8, 4) is 0 Å². The summed E-state index contributed by atoms with van der Waals surface area (Å²) in [6.45, 7) is 2.27. The number of nitrogens with zero attached hydrogens (tertiary/aromatic N) is 4. The molecular weight excluding hydrogens is 349 g/mol. The van der Waals surface area contributed by atoms with Crippen molar-refractivity contribution in [2.24, 2.45) is 0 Å². The van der Waals surface area contributed by atoms with E-state index < -0.39 is 0 Å². The first-order valence-electron chi connectivity index (χ1n) is 9.22. The van der Waals surface area contributed by atoms with Crippen LogP contribution in [0, 0.1) is 5.82 Å². The summed E-state index contributed by atoms with van der Waals surface area (Å²) >= 11 is 0. The normalized spacial score (nSPS) is 25.4. The number of morpholine rings is 1. The molecule has 1 aromatic heterocycles. The Bertz CT molecular complexity index is 846. The molecule has 4 rings (SSSR count). The number of aromatic nitrogens is 2. The zero-order valence-electron chi connectivity index (χ0n) is 15.6. The zero-order valence-corrected chi connectivity index (χ0v) is 15.6. The quantitative estimate of drug-likeness (QED) is 0.876. The molecule has 0 unspecified atom stereocenters. The zero-order chi connectivity index (χ0) is 19.0. The fraction of sp³-hybridized carbons (Fsp3) is 0.526. The Morgan fingerprint density at radius 2 is 2.22 bits per heavy atom. The standard InChI is InChI=1S/C19H24FN5O2/c1-24(2)18(26)7-15-9-25-8-13(6-14(25)10-27-15)23-19-16-4-3-12(20)5-17(16)21-11-22-19/h3-5,11,13-15H,6-10H2,1-2H3,(H,21,22,23)/t13-,14-,15-/m0/s1. The van der Waals surface area contributed by atoms with Gasteiger partial charge in [-0.2, -0.15) is 0 Å². The Morgan fingerprint density at radius 1 is 1.37 bits per heavy atom. The van der Waals surface area contributed by atoms with Gasteiger partial charge in [-0.3, -0.25) is 9.69 Å². The highest BCUT2D eigenvalue weighted by atomic mass is 19.1. The average Bonchev–Trinajstić information content (AvgIpc) is 3.03. The summed E-state index contributed by atoms with van der Waals surface area (Å²) in [6, 6.07) is 5.13. The molecule has 2 aliphatic heterocycles. The van der Waals surface area contributed by atoms with Gasteiger partial charge >= 0.3 is 0 Å². The van der Waals surface area contributed by atoms with E-state index in [1.165, 1.54) is 18.5 Å². The van der Waals surface area contributed by atoms with E-state index in [1.54, 1.807) is 25.1 Å². The van der Waals surface area contributed by atoms with Crippen LogP contribution in [-0.4, -0.2) is 77.7 Å². The molecule has 7 nitrogen and oxygen atoms in total. The minimum absolute atomic E-state index is 0.0576. The number of benzene rings is 1. The summed E-state index contributed by atoms with van der Waals surface area (Å²) < 4.78 is 19.3. The van der Waals surface area contributed by atoms with Gasteiger partial charge in [0.15, 0.2) is 0 Å². The predicted octanol–water partition coefficient (Wildman–Crippen LogP) is 1.50. The van der Waals surface area contributed by atoms with Gasteiger partial charge in [-0.1, -0.05) is 0 Å². The second-order valence-corrected chi connectivity index (χ2v) is 7.52. The first kappa shape index (κ1) is 18.1. The van der Waals surface area contributed by atoms with E-state index >= 15 is 0 Å². The minimum atomic E-state index is -0.305. The van der Waals surface area contributed by atoms with Crippen molar-refractivity contribution < 1.29 is 13.9 Å². The fourth-order valence-corrected chi connectivity index (χ4v) is 3.89. The Hall–Kier alpha value is -2.32. The number of halogens is 1. The highest BCUT2D eigenvalue weighted by Gasteiger charge is 2.38. The molecule has 0 bridgehead atoms. The first-order valence-corrected chi connectivity index (χ1v) is 9.22. The topological polar surface area (TPSA) is 70.6 Å².